The number of hydrogen-bond acceptors (Lipinski definition) is 3. The lowest BCUT2D eigenvalue weighted by Crippen LogP contribution is -2.48. The number of carbonyl (C=O) groups is 3. The minimum atomic E-state index is -0.396. The number of nitrogens with zero attached hydrogens (tertiary/aromatic N) is 1. The fourth-order valence-corrected chi connectivity index (χ4v) is 5.44. The van der Waals surface area contributed by atoms with Crippen LogP contribution in [0.25, 0.3) is 0 Å². The average Bonchev–Trinajstić information content (AvgIpc) is 3.68. The van der Waals surface area contributed by atoms with E-state index in [-0.39, 0.29) is 35.4 Å². The van der Waals surface area contributed by atoms with Gasteiger partial charge in [-0.3, -0.25) is 14.4 Å². The van der Waals surface area contributed by atoms with Crippen molar-refractivity contribution < 1.29 is 14.4 Å². The molecule has 2 atom stereocenters. The van der Waals surface area contributed by atoms with E-state index in [4.69, 9.17) is 0 Å². The van der Waals surface area contributed by atoms with Gasteiger partial charge in [-0.1, -0.05) is 45.2 Å². The first-order chi connectivity index (χ1) is 15.4. The topological polar surface area (TPSA) is 66.5 Å². The van der Waals surface area contributed by atoms with Gasteiger partial charge in [0.1, 0.15) is 0 Å². The van der Waals surface area contributed by atoms with Gasteiger partial charge in [0.2, 0.25) is 5.91 Å². The van der Waals surface area contributed by atoms with Crippen molar-refractivity contribution in [1.29, 1.82) is 0 Å². The zero-order valence-corrected chi connectivity index (χ0v) is 19.6. The van der Waals surface area contributed by atoms with Crippen molar-refractivity contribution in [3.8, 4) is 0 Å². The van der Waals surface area contributed by atoms with E-state index < -0.39 is 6.04 Å². The lowest BCUT2D eigenvalue weighted by atomic mass is 9.80. The van der Waals surface area contributed by atoms with Crippen molar-refractivity contribution in [2.75, 3.05) is 13.1 Å². The van der Waals surface area contributed by atoms with Gasteiger partial charge < -0.3 is 10.2 Å². The van der Waals surface area contributed by atoms with E-state index in [2.05, 4.69) is 11.4 Å². The van der Waals surface area contributed by atoms with Gasteiger partial charge in [-0.25, -0.2) is 0 Å². The molecule has 1 unspecified atom stereocenters. The lowest BCUT2D eigenvalue weighted by Gasteiger charge is -2.33. The molecule has 3 fully saturated rings. The first-order valence-corrected chi connectivity index (χ1v) is 12.7. The van der Waals surface area contributed by atoms with Crippen molar-refractivity contribution in [3.05, 3.63) is 35.4 Å². The molecule has 3 aliphatic rings. The minimum absolute atomic E-state index is 0.0919. The fraction of sp³-hybridized carbons (Fsp3) is 0.667. The van der Waals surface area contributed by atoms with Gasteiger partial charge in [0.15, 0.2) is 5.78 Å². The molecule has 5 heteroatoms. The van der Waals surface area contributed by atoms with Crippen molar-refractivity contribution >= 4 is 17.6 Å². The summed E-state index contributed by atoms with van der Waals surface area (Å²) < 4.78 is 0. The Balaban J connectivity index is 1.45. The Bertz CT molecular complexity index is 839. The number of ketones is 1. The predicted molar refractivity (Wildman–Crippen MR) is 125 cm³/mol. The van der Waals surface area contributed by atoms with Crippen LogP contribution in [0.2, 0.25) is 0 Å². The van der Waals surface area contributed by atoms with Gasteiger partial charge in [-0.15, -0.1) is 0 Å². The van der Waals surface area contributed by atoms with Crippen molar-refractivity contribution in [2.24, 2.45) is 17.8 Å². The van der Waals surface area contributed by atoms with Crippen LogP contribution in [0.1, 0.15) is 93.5 Å². The summed E-state index contributed by atoms with van der Waals surface area (Å²) in [6.07, 6.45) is 9.62. The van der Waals surface area contributed by atoms with Crippen LogP contribution < -0.4 is 5.32 Å². The maximum atomic E-state index is 13.2. The summed E-state index contributed by atoms with van der Waals surface area (Å²) in [6.45, 7) is 5.44. The molecule has 0 aromatic heterocycles. The summed E-state index contributed by atoms with van der Waals surface area (Å²) in [5.74, 6) is 0.968. The van der Waals surface area contributed by atoms with Crippen molar-refractivity contribution in [1.82, 2.24) is 10.2 Å². The minimum Gasteiger partial charge on any atom is -0.342 e. The molecule has 1 heterocycles. The smallest absolute Gasteiger partial charge is 0.251 e. The Morgan fingerprint density at radius 1 is 0.969 bits per heavy atom. The molecule has 1 aromatic rings. The van der Waals surface area contributed by atoms with Crippen LogP contribution in [0, 0.1) is 17.8 Å². The molecule has 0 spiro atoms. The fourth-order valence-electron chi connectivity index (χ4n) is 5.44. The molecule has 1 aromatic carbocycles. The number of benzene rings is 1. The van der Waals surface area contributed by atoms with E-state index in [1.165, 1.54) is 6.42 Å². The standard InChI is InChI=1S/C27H38N2O3/c1-18(2)25(30)24(19-8-4-3-5-9-19)28-26(31)22-11-6-10-21(16-22)23-12-7-15-29(17-23)27(32)20-13-14-20/h6,10-11,16,18-20,23-24H,3-5,7-9,12-15,17H2,1-2H3,(H,28,31)/t23-,24?/m0/s1. The monoisotopic (exact) mass is 438 g/mol. The molecule has 5 nitrogen and oxygen atoms in total. The van der Waals surface area contributed by atoms with Gasteiger partial charge in [-0.05, 0) is 62.1 Å². The summed E-state index contributed by atoms with van der Waals surface area (Å²) in [4.78, 5) is 40.7. The van der Waals surface area contributed by atoms with E-state index in [0.717, 1.165) is 70.0 Å². The van der Waals surface area contributed by atoms with Crippen molar-refractivity contribution in [3.63, 3.8) is 0 Å². The Morgan fingerprint density at radius 2 is 1.72 bits per heavy atom. The van der Waals surface area contributed by atoms with Crippen LogP contribution in [0.5, 0.6) is 0 Å². The Labute approximate surface area is 192 Å². The van der Waals surface area contributed by atoms with Crippen molar-refractivity contribution in [2.45, 2.75) is 83.6 Å². The third-order valence-electron chi connectivity index (χ3n) is 7.56. The number of piperidine rings is 1. The number of amides is 2. The van der Waals surface area contributed by atoms with Crippen LogP contribution in [-0.4, -0.2) is 41.6 Å². The van der Waals surface area contributed by atoms with Gasteiger partial charge >= 0.3 is 0 Å². The first kappa shape index (κ1) is 23.0. The van der Waals surface area contributed by atoms with Gasteiger partial charge in [-0.2, -0.15) is 0 Å². The molecule has 2 saturated carbocycles. The Morgan fingerprint density at radius 3 is 2.41 bits per heavy atom. The lowest BCUT2D eigenvalue weighted by molar-refractivity contribution is -0.133. The van der Waals surface area contributed by atoms with Gasteiger partial charge in [0, 0.05) is 36.4 Å². The first-order valence-electron chi connectivity index (χ1n) is 12.7. The maximum absolute atomic E-state index is 13.2. The molecule has 1 saturated heterocycles. The van der Waals surface area contributed by atoms with Gasteiger partial charge in [0.25, 0.3) is 5.91 Å². The number of likely N-dealkylation sites (tertiary alicyclic amines) is 1. The van der Waals surface area contributed by atoms with Crippen LogP contribution in [0.4, 0.5) is 0 Å². The molecule has 0 radical (unpaired) electrons. The molecule has 0 bridgehead atoms. The van der Waals surface area contributed by atoms with Crippen LogP contribution >= 0.6 is 0 Å². The Kier molecular flexibility index (Phi) is 7.32. The molecular weight excluding hydrogens is 400 g/mol. The second-order valence-electron chi connectivity index (χ2n) is 10.4. The highest BCUT2D eigenvalue weighted by Gasteiger charge is 2.36. The van der Waals surface area contributed by atoms with E-state index in [1.54, 1.807) is 0 Å². The molecule has 2 amide bonds. The SMILES string of the molecule is CC(C)C(=O)C(NC(=O)c1cccc([C@H]2CCCN(C(=O)C3CC3)C2)c1)C1CCCCC1. The highest BCUT2D eigenvalue weighted by atomic mass is 16.2. The highest BCUT2D eigenvalue weighted by Crippen LogP contribution is 2.34. The largest absolute Gasteiger partial charge is 0.342 e. The third kappa shape index (κ3) is 5.41. The molecule has 2 aliphatic carbocycles. The highest BCUT2D eigenvalue weighted by molar-refractivity contribution is 5.98. The van der Waals surface area contributed by atoms with E-state index in [1.807, 2.05) is 36.9 Å². The summed E-state index contributed by atoms with van der Waals surface area (Å²) in [7, 11) is 0. The summed E-state index contributed by atoms with van der Waals surface area (Å²) in [5.41, 5.74) is 1.74. The second kappa shape index (κ2) is 10.2. The Hall–Kier alpha value is -2.17. The zero-order chi connectivity index (χ0) is 22.7. The van der Waals surface area contributed by atoms with Gasteiger partial charge in [0.05, 0.1) is 6.04 Å². The maximum Gasteiger partial charge on any atom is 0.251 e. The number of carbonyl (C=O) groups excluding carboxylic acids is 3. The molecular formula is C27H38N2O3. The molecule has 1 N–H and O–H groups in total. The van der Waals surface area contributed by atoms with E-state index >= 15 is 0 Å². The number of rotatable bonds is 7. The summed E-state index contributed by atoms with van der Waals surface area (Å²) in [6, 6.07) is 7.43. The summed E-state index contributed by atoms with van der Waals surface area (Å²) >= 11 is 0. The number of hydrogen-bond donors (Lipinski definition) is 1. The number of nitrogens with one attached hydrogen (secondary N) is 1. The molecule has 32 heavy (non-hydrogen) atoms. The quantitative estimate of drug-likeness (QED) is 0.671. The van der Waals surface area contributed by atoms with E-state index in [9.17, 15) is 14.4 Å². The normalized spacial score (nSPS) is 23.1. The van der Waals surface area contributed by atoms with Crippen LogP contribution in [0.3, 0.4) is 0 Å². The summed E-state index contributed by atoms with van der Waals surface area (Å²) in [5, 5.41) is 3.11. The molecule has 4 rings (SSSR count). The molecule has 1 aliphatic heterocycles. The average molecular weight is 439 g/mol. The predicted octanol–water partition coefficient (Wildman–Crippen LogP) is 4.71. The number of Topliss-reactive ketones (excluding diaryl/α,β-unsaturated/α-hetero) is 1. The van der Waals surface area contributed by atoms with Crippen LogP contribution in [0.15, 0.2) is 24.3 Å². The van der Waals surface area contributed by atoms with Crippen LogP contribution in [-0.2, 0) is 9.59 Å². The third-order valence-corrected chi connectivity index (χ3v) is 7.56. The second-order valence-corrected chi connectivity index (χ2v) is 10.4. The zero-order valence-electron chi connectivity index (χ0n) is 19.6. The molecule has 174 valence electrons. The van der Waals surface area contributed by atoms with E-state index in [0.29, 0.717) is 11.5 Å².